The SMILES string of the molecule is O=C(NCC(N1CCNCC1)C(F)(F)F)c1cc2c(s1)CCCCC2. The van der Waals surface area contributed by atoms with Crippen molar-refractivity contribution in [3.63, 3.8) is 0 Å². The lowest BCUT2D eigenvalue weighted by Gasteiger charge is -2.35. The molecule has 1 unspecified atom stereocenters. The Morgan fingerprint density at radius 2 is 1.96 bits per heavy atom. The second kappa shape index (κ2) is 8.05. The smallest absolute Gasteiger partial charge is 0.349 e. The summed E-state index contributed by atoms with van der Waals surface area (Å²) in [7, 11) is 0. The minimum atomic E-state index is -4.35. The number of alkyl halides is 3. The predicted octanol–water partition coefficient (Wildman–Crippen LogP) is 2.58. The number of aryl methyl sites for hydroxylation is 2. The van der Waals surface area contributed by atoms with Crippen molar-refractivity contribution in [2.24, 2.45) is 0 Å². The molecule has 4 nitrogen and oxygen atoms in total. The van der Waals surface area contributed by atoms with E-state index in [1.54, 1.807) is 0 Å². The van der Waals surface area contributed by atoms with Crippen LogP contribution >= 0.6 is 11.3 Å². The van der Waals surface area contributed by atoms with Crippen molar-refractivity contribution >= 4 is 17.2 Å². The van der Waals surface area contributed by atoms with E-state index >= 15 is 0 Å². The molecule has 3 rings (SSSR count). The van der Waals surface area contributed by atoms with Crippen molar-refractivity contribution in [1.82, 2.24) is 15.5 Å². The lowest BCUT2D eigenvalue weighted by molar-refractivity contribution is -0.183. The number of carbonyl (C=O) groups is 1. The van der Waals surface area contributed by atoms with Gasteiger partial charge >= 0.3 is 6.18 Å². The number of nitrogens with one attached hydrogen (secondary N) is 2. The monoisotopic (exact) mass is 375 g/mol. The van der Waals surface area contributed by atoms with Crippen molar-refractivity contribution in [3.05, 3.63) is 21.4 Å². The molecular formula is C17H24F3N3OS. The van der Waals surface area contributed by atoms with Crippen LogP contribution in [0.25, 0.3) is 0 Å². The zero-order valence-corrected chi connectivity index (χ0v) is 14.9. The lowest BCUT2D eigenvalue weighted by Crippen LogP contribution is -2.57. The first kappa shape index (κ1) is 18.7. The number of rotatable bonds is 4. The predicted molar refractivity (Wildman–Crippen MR) is 92.2 cm³/mol. The normalized spacial score (nSPS) is 20.6. The quantitative estimate of drug-likeness (QED) is 0.795. The molecule has 0 bridgehead atoms. The van der Waals surface area contributed by atoms with Crippen LogP contribution in [-0.4, -0.2) is 55.7 Å². The van der Waals surface area contributed by atoms with Gasteiger partial charge < -0.3 is 10.6 Å². The zero-order valence-electron chi connectivity index (χ0n) is 14.1. The van der Waals surface area contributed by atoms with Gasteiger partial charge in [0, 0.05) is 37.6 Å². The third kappa shape index (κ3) is 4.74. The van der Waals surface area contributed by atoms with Crippen LogP contribution < -0.4 is 10.6 Å². The highest BCUT2D eigenvalue weighted by atomic mass is 32.1. The van der Waals surface area contributed by atoms with Gasteiger partial charge in [0.2, 0.25) is 0 Å². The molecule has 140 valence electrons. The number of nitrogens with zero attached hydrogens (tertiary/aromatic N) is 1. The first-order valence-corrected chi connectivity index (χ1v) is 9.68. The van der Waals surface area contributed by atoms with Gasteiger partial charge in [0.05, 0.1) is 4.88 Å². The highest BCUT2D eigenvalue weighted by Crippen LogP contribution is 2.29. The average molecular weight is 375 g/mol. The fourth-order valence-electron chi connectivity index (χ4n) is 3.50. The summed E-state index contributed by atoms with van der Waals surface area (Å²) in [5.41, 5.74) is 1.20. The molecule has 1 saturated heterocycles. The Kier molecular flexibility index (Phi) is 6.01. The highest BCUT2D eigenvalue weighted by molar-refractivity contribution is 7.14. The third-order valence-corrected chi connectivity index (χ3v) is 6.13. The Balaban J connectivity index is 1.63. The van der Waals surface area contributed by atoms with Crippen LogP contribution in [0.4, 0.5) is 13.2 Å². The van der Waals surface area contributed by atoms with E-state index in [2.05, 4.69) is 10.6 Å². The first-order valence-electron chi connectivity index (χ1n) is 8.86. The molecule has 0 aromatic carbocycles. The number of thiophene rings is 1. The van der Waals surface area contributed by atoms with Crippen LogP contribution in [0.1, 0.15) is 39.4 Å². The first-order chi connectivity index (χ1) is 11.9. The number of amides is 1. The summed E-state index contributed by atoms with van der Waals surface area (Å²) in [5, 5.41) is 5.57. The number of hydrogen-bond acceptors (Lipinski definition) is 4. The fraction of sp³-hybridized carbons (Fsp3) is 0.706. The molecule has 0 saturated carbocycles. The van der Waals surface area contributed by atoms with Gasteiger partial charge in [0.15, 0.2) is 0 Å². The molecule has 2 aliphatic rings. The van der Waals surface area contributed by atoms with Crippen LogP contribution in [0.5, 0.6) is 0 Å². The zero-order chi connectivity index (χ0) is 17.9. The van der Waals surface area contributed by atoms with Crippen LogP contribution in [0.2, 0.25) is 0 Å². The van der Waals surface area contributed by atoms with Crippen LogP contribution in [0.3, 0.4) is 0 Å². The standard InChI is InChI=1S/C17H24F3N3OS/c18-17(19,20)15(23-8-6-21-7-9-23)11-22-16(24)14-10-12-4-2-1-3-5-13(12)25-14/h10,15,21H,1-9,11H2,(H,22,24). The highest BCUT2D eigenvalue weighted by Gasteiger charge is 2.43. The second-order valence-corrected chi connectivity index (χ2v) is 7.81. The van der Waals surface area contributed by atoms with Crippen molar-refractivity contribution in [1.29, 1.82) is 0 Å². The number of halogens is 3. The Labute approximate surface area is 149 Å². The largest absolute Gasteiger partial charge is 0.405 e. The van der Waals surface area contributed by atoms with Gasteiger partial charge in [-0.05, 0) is 37.3 Å². The summed E-state index contributed by atoms with van der Waals surface area (Å²) in [4.78, 5) is 15.5. The van der Waals surface area contributed by atoms with Gasteiger partial charge in [-0.1, -0.05) is 6.42 Å². The van der Waals surface area contributed by atoms with Gasteiger partial charge in [0.25, 0.3) is 5.91 Å². The molecule has 1 amide bonds. The number of carbonyl (C=O) groups excluding carboxylic acids is 1. The van der Waals surface area contributed by atoms with E-state index in [9.17, 15) is 18.0 Å². The second-order valence-electron chi connectivity index (χ2n) is 6.67. The Morgan fingerprint density at radius 1 is 1.24 bits per heavy atom. The molecule has 1 aliphatic heterocycles. The summed E-state index contributed by atoms with van der Waals surface area (Å²) < 4.78 is 40.1. The summed E-state index contributed by atoms with van der Waals surface area (Å²) in [6, 6.07) is 0.241. The Bertz CT molecular complexity index is 573. The van der Waals surface area contributed by atoms with Crippen molar-refractivity contribution in [2.45, 2.75) is 44.3 Å². The van der Waals surface area contributed by atoms with Crippen molar-refractivity contribution < 1.29 is 18.0 Å². The minimum Gasteiger partial charge on any atom is -0.349 e. The molecule has 1 aromatic rings. The fourth-order valence-corrected chi connectivity index (χ4v) is 4.67. The van der Waals surface area contributed by atoms with E-state index < -0.39 is 18.8 Å². The maximum atomic E-state index is 13.4. The summed E-state index contributed by atoms with van der Waals surface area (Å²) in [5.74, 6) is -0.387. The maximum Gasteiger partial charge on any atom is 0.405 e. The van der Waals surface area contributed by atoms with Gasteiger partial charge in [-0.25, -0.2) is 0 Å². The van der Waals surface area contributed by atoms with E-state index in [1.165, 1.54) is 33.1 Å². The molecule has 1 fully saturated rings. The van der Waals surface area contributed by atoms with Crippen LogP contribution in [-0.2, 0) is 12.8 Å². The van der Waals surface area contributed by atoms with E-state index in [-0.39, 0.29) is 5.91 Å². The number of hydrogen-bond donors (Lipinski definition) is 2. The molecule has 8 heteroatoms. The van der Waals surface area contributed by atoms with Crippen molar-refractivity contribution in [3.8, 4) is 0 Å². The number of fused-ring (bicyclic) bond motifs is 1. The molecule has 1 aliphatic carbocycles. The molecule has 25 heavy (non-hydrogen) atoms. The van der Waals surface area contributed by atoms with Crippen molar-refractivity contribution in [2.75, 3.05) is 32.7 Å². The minimum absolute atomic E-state index is 0.341. The Morgan fingerprint density at radius 3 is 2.68 bits per heavy atom. The molecule has 2 heterocycles. The summed E-state index contributed by atoms with van der Waals surface area (Å²) in [6.45, 7) is 1.36. The van der Waals surface area contributed by atoms with Gasteiger partial charge in [-0.2, -0.15) is 13.2 Å². The van der Waals surface area contributed by atoms with E-state index in [4.69, 9.17) is 0 Å². The maximum absolute atomic E-state index is 13.4. The lowest BCUT2D eigenvalue weighted by atomic mass is 10.1. The van der Waals surface area contributed by atoms with Crippen LogP contribution in [0, 0.1) is 0 Å². The molecule has 1 aromatic heterocycles. The van der Waals surface area contributed by atoms with Gasteiger partial charge in [-0.15, -0.1) is 11.3 Å². The van der Waals surface area contributed by atoms with Crippen LogP contribution in [0.15, 0.2) is 6.07 Å². The van der Waals surface area contributed by atoms with E-state index in [0.717, 1.165) is 25.7 Å². The Hall–Kier alpha value is -1.12. The third-order valence-electron chi connectivity index (χ3n) is 4.90. The molecule has 2 N–H and O–H groups in total. The molecule has 0 radical (unpaired) electrons. The van der Waals surface area contributed by atoms with E-state index in [1.807, 2.05) is 6.07 Å². The van der Waals surface area contributed by atoms with Gasteiger partial charge in [0.1, 0.15) is 6.04 Å². The topological polar surface area (TPSA) is 44.4 Å². The summed E-state index contributed by atoms with van der Waals surface area (Å²) >= 11 is 1.43. The summed E-state index contributed by atoms with van der Waals surface area (Å²) in [6.07, 6.45) is 1.01. The molecular weight excluding hydrogens is 351 g/mol. The molecule has 0 spiro atoms. The number of piperazine rings is 1. The average Bonchev–Trinajstić information content (AvgIpc) is 2.86. The van der Waals surface area contributed by atoms with E-state index in [0.29, 0.717) is 31.1 Å². The molecule has 1 atom stereocenters. The van der Waals surface area contributed by atoms with Gasteiger partial charge in [-0.3, -0.25) is 9.69 Å².